The third kappa shape index (κ3) is 2.77. The zero-order valence-corrected chi connectivity index (χ0v) is 11.6. The van der Waals surface area contributed by atoms with Crippen molar-refractivity contribution in [2.45, 2.75) is 19.8 Å². The normalized spacial score (nSPS) is 12.9. The lowest BCUT2D eigenvalue weighted by Crippen LogP contribution is -2.06. The van der Waals surface area contributed by atoms with Gasteiger partial charge in [0.25, 0.3) is 0 Å². The molecule has 104 valence electrons. The first-order valence-corrected chi connectivity index (χ1v) is 6.97. The molecule has 0 amide bonds. The molecular formula is C17H18FNO. The summed E-state index contributed by atoms with van der Waals surface area (Å²) < 4.78 is 18.7. The lowest BCUT2D eigenvalue weighted by molar-refractivity contribution is 0.357. The number of rotatable bonds is 4. The summed E-state index contributed by atoms with van der Waals surface area (Å²) in [5, 5.41) is 3.30. The van der Waals surface area contributed by atoms with E-state index in [1.54, 1.807) is 12.1 Å². The minimum absolute atomic E-state index is 0.201. The van der Waals surface area contributed by atoms with Crippen molar-refractivity contribution in [2.75, 3.05) is 18.5 Å². The number of nitrogens with one attached hydrogen (secondary N) is 1. The van der Waals surface area contributed by atoms with Gasteiger partial charge in [-0.25, -0.2) is 4.39 Å². The molecule has 1 aliphatic heterocycles. The predicted molar refractivity (Wildman–Crippen MR) is 79.0 cm³/mol. The Balaban J connectivity index is 1.61. The van der Waals surface area contributed by atoms with Crippen LogP contribution in [0.25, 0.3) is 0 Å². The Hall–Kier alpha value is -2.03. The van der Waals surface area contributed by atoms with E-state index in [2.05, 4.69) is 17.4 Å². The number of ether oxygens (including phenoxy) is 1. The van der Waals surface area contributed by atoms with Crippen LogP contribution in [0.3, 0.4) is 0 Å². The standard InChI is InChI=1S/C17H18FNO/c1-12-2-4-15(18)11-16(12)19-8-6-13-3-5-17-14(10-13)7-9-20-17/h2-5,10-11,19H,6-9H2,1H3. The molecule has 0 aliphatic carbocycles. The van der Waals surface area contributed by atoms with Crippen LogP contribution in [0.4, 0.5) is 10.1 Å². The molecule has 2 nitrogen and oxygen atoms in total. The minimum atomic E-state index is -0.201. The summed E-state index contributed by atoms with van der Waals surface area (Å²) in [6.07, 6.45) is 1.92. The second-order valence-electron chi connectivity index (χ2n) is 5.18. The molecule has 3 rings (SSSR count). The third-order valence-corrected chi connectivity index (χ3v) is 3.68. The predicted octanol–water partition coefficient (Wildman–Crippen LogP) is 3.72. The third-order valence-electron chi connectivity index (χ3n) is 3.68. The summed E-state index contributed by atoms with van der Waals surface area (Å²) in [7, 11) is 0. The SMILES string of the molecule is Cc1ccc(F)cc1NCCc1ccc2c(c1)CCO2. The molecular weight excluding hydrogens is 253 g/mol. The van der Waals surface area contributed by atoms with Crippen molar-refractivity contribution >= 4 is 5.69 Å². The Kier molecular flexibility index (Phi) is 3.59. The summed E-state index contributed by atoms with van der Waals surface area (Å²) >= 11 is 0. The second kappa shape index (κ2) is 5.53. The summed E-state index contributed by atoms with van der Waals surface area (Å²) in [4.78, 5) is 0. The molecule has 20 heavy (non-hydrogen) atoms. The van der Waals surface area contributed by atoms with E-state index >= 15 is 0 Å². The van der Waals surface area contributed by atoms with Crippen molar-refractivity contribution in [3.63, 3.8) is 0 Å². The summed E-state index contributed by atoms with van der Waals surface area (Å²) in [5.41, 5.74) is 4.52. The van der Waals surface area contributed by atoms with Gasteiger partial charge in [-0.1, -0.05) is 18.2 Å². The Morgan fingerprint density at radius 1 is 1.20 bits per heavy atom. The van der Waals surface area contributed by atoms with Crippen molar-refractivity contribution in [1.29, 1.82) is 0 Å². The average Bonchev–Trinajstić information content (AvgIpc) is 2.90. The van der Waals surface area contributed by atoms with Crippen molar-refractivity contribution in [3.8, 4) is 5.75 Å². The summed E-state index contributed by atoms with van der Waals surface area (Å²) in [6, 6.07) is 11.2. The van der Waals surface area contributed by atoms with Gasteiger partial charge in [0.1, 0.15) is 11.6 Å². The van der Waals surface area contributed by atoms with Crippen LogP contribution >= 0.6 is 0 Å². The molecule has 0 fully saturated rings. The second-order valence-corrected chi connectivity index (χ2v) is 5.18. The number of benzene rings is 2. The number of hydrogen-bond acceptors (Lipinski definition) is 2. The molecule has 1 aliphatic rings. The van der Waals surface area contributed by atoms with Gasteiger partial charge in [-0.2, -0.15) is 0 Å². The molecule has 0 radical (unpaired) electrons. The van der Waals surface area contributed by atoms with Crippen LogP contribution in [0, 0.1) is 12.7 Å². The molecule has 0 unspecified atom stereocenters. The number of halogens is 1. The van der Waals surface area contributed by atoms with Crippen molar-refractivity contribution in [2.24, 2.45) is 0 Å². The fourth-order valence-corrected chi connectivity index (χ4v) is 2.52. The van der Waals surface area contributed by atoms with Crippen LogP contribution in [-0.4, -0.2) is 13.2 Å². The monoisotopic (exact) mass is 271 g/mol. The van der Waals surface area contributed by atoms with E-state index in [4.69, 9.17) is 4.74 Å². The number of fused-ring (bicyclic) bond motifs is 1. The molecule has 1 heterocycles. The lowest BCUT2D eigenvalue weighted by Gasteiger charge is -2.10. The number of anilines is 1. The zero-order valence-electron chi connectivity index (χ0n) is 11.6. The van der Waals surface area contributed by atoms with E-state index in [9.17, 15) is 4.39 Å². The molecule has 0 aromatic heterocycles. The fourth-order valence-electron chi connectivity index (χ4n) is 2.52. The van der Waals surface area contributed by atoms with Gasteiger partial charge in [-0.15, -0.1) is 0 Å². The zero-order chi connectivity index (χ0) is 13.9. The van der Waals surface area contributed by atoms with Gasteiger partial charge >= 0.3 is 0 Å². The van der Waals surface area contributed by atoms with E-state index < -0.39 is 0 Å². The largest absolute Gasteiger partial charge is 0.493 e. The first-order chi connectivity index (χ1) is 9.72. The highest BCUT2D eigenvalue weighted by Gasteiger charge is 2.11. The average molecular weight is 271 g/mol. The van der Waals surface area contributed by atoms with Crippen LogP contribution in [0.15, 0.2) is 36.4 Å². The highest BCUT2D eigenvalue weighted by atomic mass is 19.1. The van der Waals surface area contributed by atoms with Crippen LogP contribution < -0.4 is 10.1 Å². The van der Waals surface area contributed by atoms with E-state index in [1.807, 2.05) is 13.0 Å². The smallest absolute Gasteiger partial charge is 0.125 e. The Morgan fingerprint density at radius 3 is 3.00 bits per heavy atom. The maximum absolute atomic E-state index is 13.2. The van der Waals surface area contributed by atoms with Crippen LogP contribution in [-0.2, 0) is 12.8 Å². The fraction of sp³-hybridized carbons (Fsp3) is 0.294. The molecule has 1 N–H and O–H groups in total. The molecule has 2 aromatic carbocycles. The lowest BCUT2D eigenvalue weighted by atomic mass is 10.1. The molecule has 0 bridgehead atoms. The van der Waals surface area contributed by atoms with Crippen molar-refractivity contribution in [3.05, 3.63) is 58.9 Å². The maximum Gasteiger partial charge on any atom is 0.125 e. The number of hydrogen-bond donors (Lipinski definition) is 1. The first-order valence-electron chi connectivity index (χ1n) is 6.97. The van der Waals surface area contributed by atoms with Gasteiger partial charge in [-0.3, -0.25) is 0 Å². The van der Waals surface area contributed by atoms with Gasteiger partial charge < -0.3 is 10.1 Å². The Morgan fingerprint density at radius 2 is 2.10 bits per heavy atom. The quantitative estimate of drug-likeness (QED) is 0.915. The summed E-state index contributed by atoms with van der Waals surface area (Å²) in [6.45, 7) is 3.57. The van der Waals surface area contributed by atoms with Crippen molar-refractivity contribution in [1.82, 2.24) is 0 Å². The molecule has 0 atom stereocenters. The highest BCUT2D eigenvalue weighted by Crippen LogP contribution is 2.26. The maximum atomic E-state index is 13.2. The van der Waals surface area contributed by atoms with E-state index in [1.165, 1.54) is 17.2 Å². The topological polar surface area (TPSA) is 21.3 Å². The number of aryl methyl sites for hydroxylation is 1. The Bertz CT molecular complexity index is 624. The Labute approximate surface area is 118 Å². The van der Waals surface area contributed by atoms with Gasteiger partial charge in [0.2, 0.25) is 0 Å². The van der Waals surface area contributed by atoms with Gasteiger partial charge in [0, 0.05) is 18.7 Å². The van der Waals surface area contributed by atoms with E-state index in [0.717, 1.165) is 43.0 Å². The first kappa shape index (κ1) is 13.0. The molecule has 2 aromatic rings. The molecule has 0 saturated carbocycles. The van der Waals surface area contributed by atoms with E-state index in [-0.39, 0.29) is 5.82 Å². The molecule has 0 spiro atoms. The van der Waals surface area contributed by atoms with Crippen LogP contribution in [0.1, 0.15) is 16.7 Å². The van der Waals surface area contributed by atoms with Crippen LogP contribution in [0.5, 0.6) is 5.75 Å². The molecule has 3 heteroatoms. The van der Waals surface area contributed by atoms with Gasteiger partial charge in [0.05, 0.1) is 6.61 Å². The van der Waals surface area contributed by atoms with Crippen molar-refractivity contribution < 1.29 is 9.13 Å². The van der Waals surface area contributed by atoms with Crippen LogP contribution in [0.2, 0.25) is 0 Å². The molecule has 0 saturated heterocycles. The van der Waals surface area contributed by atoms with Gasteiger partial charge in [0.15, 0.2) is 0 Å². The minimum Gasteiger partial charge on any atom is -0.493 e. The summed E-state index contributed by atoms with van der Waals surface area (Å²) in [5.74, 6) is 0.815. The van der Waals surface area contributed by atoms with Gasteiger partial charge in [-0.05, 0) is 48.2 Å². The highest BCUT2D eigenvalue weighted by molar-refractivity contribution is 5.50. The van der Waals surface area contributed by atoms with E-state index in [0.29, 0.717) is 0 Å².